The molecule has 0 rings (SSSR count). The first kappa shape index (κ1) is 36.9. The van der Waals surface area contributed by atoms with Gasteiger partial charge in [-0.05, 0) is 5.92 Å². The van der Waals surface area contributed by atoms with E-state index in [4.69, 9.17) is 1.37 Å². The van der Waals surface area contributed by atoms with Crippen LogP contribution in [0.15, 0.2) is 0 Å². The molecule has 0 aromatic heterocycles. The van der Waals surface area contributed by atoms with E-state index in [-0.39, 0.29) is 8.41 Å². The smallest absolute Gasteiger partial charge is 0.0194 e. The van der Waals surface area contributed by atoms with Crippen molar-refractivity contribution in [2.75, 3.05) is 0 Å². The fraction of sp³-hybridized carbons (Fsp3) is 1.00. The lowest BCUT2D eigenvalue weighted by Gasteiger charge is -1.79. The summed E-state index contributed by atoms with van der Waals surface area (Å²) < 4.78 is 5.75. The molecule has 0 heterocycles. The molecule has 0 aromatic carbocycles. The molecule has 0 bridgehead atoms. The van der Waals surface area contributed by atoms with E-state index in [9.17, 15) is 0 Å². The third kappa shape index (κ3) is 350000. The van der Waals surface area contributed by atoms with Crippen molar-refractivity contribution in [1.82, 2.24) is 0 Å². The molecule has 0 amide bonds. The van der Waals surface area contributed by atoms with Crippen molar-refractivity contribution in [2.45, 2.75) is 83.6 Å². The van der Waals surface area contributed by atoms with Crippen molar-refractivity contribution < 1.29 is 1.37 Å². The van der Waals surface area contributed by atoms with Crippen LogP contribution in [0.5, 0.6) is 0 Å². The minimum Gasteiger partial charge on any atom is -0.0776 e. The van der Waals surface area contributed by atoms with Gasteiger partial charge in [-0.2, -0.15) is 0 Å². The third-order valence-electron chi connectivity index (χ3n) is 0. The van der Waals surface area contributed by atoms with Crippen LogP contribution in [0.2, 0.25) is 0 Å². The molecule has 0 N–H and O–H groups in total. The predicted octanol–water partition coefficient (Wildman–Crippen LogP) is 6.02. The number of hydrogen-bond acceptors (Lipinski definition) is 0. The lowest BCUT2D eigenvalue weighted by atomic mass is 10.3. The highest BCUT2D eigenvalue weighted by Gasteiger charge is 1.68. The van der Waals surface area contributed by atoms with Crippen LogP contribution in [0.3, 0.4) is 0 Å². The van der Waals surface area contributed by atoms with E-state index < -0.39 is 0 Å². The summed E-state index contributed by atoms with van der Waals surface area (Å²) in [5.41, 5.74) is 0. The summed E-state index contributed by atoms with van der Waals surface area (Å²) in [6, 6.07) is 0. The van der Waals surface area contributed by atoms with Crippen molar-refractivity contribution in [2.24, 2.45) is 5.92 Å². The van der Waals surface area contributed by atoms with Crippen LogP contribution in [0.1, 0.15) is 84.9 Å². The van der Waals surface area contributed by atoms with Crippen LogP contribution >= 0.6 is 0 Å². The first-order valence-corrected chi connectivity index (χ1v) is 5.73. The standard InChI is InChI=1S/C4H10.4C2H6.CH4.B/c1-4(2)3;4*1-2;;/h4H,1-3H3;4*1-2H3;1H4;/i;;;;;1D;. The molecular weight excluding hydrogens is 167 g/mol. The Morgan fingerprint density at radius 1 is 0.643 bits per heavy atom. The number of rotatable bonds is 0. The first-order valence-electron chi connectivity index (χ1n) is 6.73. The molecule has 0 fully saturated rings. The zero-order valence-electron chi connectivity index (χ0n) is 14.2. The fourth-order valence-electron chi connectivity index (χ4n) is 0. The Morgan fingerprint density at radius 2 is 0.643 bits per heavy atom. The molecule has 14 heavy (non-hydrogen) atoms. The molecule has 0 spiro atoms. The third-order valence-corrected chi connectivity index (χ3v) is 0. The topological polar surface area (TPSA) is 0 Å². The quantitative estimate of drug-likeness (QED) is 0.425. The first-order chi connectivity index (χ1) is 6.73. The molecule has 93 valence electrons. The van der Waals surface area contributed by atoms with E-state index in [0.717, 1.165) is 5.92 Å². The van der Waals surface area contributed by atoms with Crippen LogP contribution in [0.4, 0.5) is 0 Å². The van der Waals surface area contributed by atoms with Gasteiger partial charge in [-0.15, -0.1) is 0 Å². The normalized spacial score (nSPS) is 4.79. The molecule has 0 aliphatic carbocycles. The van der Waals surface area contributed by atoms with Crippen molar-refractivity contribution in [1.29, 1.82) is 0 Å². The van der Waals surface area contributed by atoms with Gasteiger partial charge in [-0.25, -0.2) is 0 Å². The molecule has 0 aliphatic heterocycles. The summed E-state index contributed by atoms with van der Waals surface area (Å²) in [6.07, 6.45) is 0. The Morgan fingerprint density at radius 3 is 0.643 bits per heavy atom. The van der Waals surface area contributed by atoms with E-state index in [1.54, 1.807) is 0 Å². The summed E-state index contributed by atoms with van der Waals surface area (Å²) in [5.74, 6) is 0.833. The Bertz CT molecular complexity index is 15.3. The van der Waals surface area contributed by atoms with E-state index in [2.05, 4.69) is 20.8 Å². The van der Waals surface area contributed by atoms with Gasteiger partial charge in [0.25, 0.3) is 0 Å². The van der Waals surface area contributed by atoms with Crippen LogP contribution in [-0.2, 0) is 0 Å². The Labute approximate surface area is 99.9 Å². The highest BCUT2D eigenvalue weighted by molar-refractivity contribution is 5.75. The SMILES string of the molecule is CC.CC.CC.CC.CC(C)C.[2H]C.[B]. The van der Waals surface area contributed by atoms with E-state index in [0.29, 0.717) is 0 Å². The van der Waals surface area contributed by atoms with E-state index in [1.807, 2.05) is 55.4 Å². The van der Waals surface area contributed by atoms with E-state index >= 15 is 0 Å². The average molecular weight is 206 g/mol. The molecule has 0 saturated heterocycles. The van der Waals surface area contributed by atoms with E-state index in [1.165, 1.54) is 7.40 Å². The van der Waals surface area contributed by atoms with Gasteiger partial charge in [0.1, 0.15) is 0 Å². The Hall–Kier alpha value is 0.0649. The Kier molecular flexibility index (Phi) is 534. The molecule has 3 radical (unpaired) electrons. The molecule has 0 aliphatic rings. The maximum Gasteiger partial charge on any atom is 0.0194 e. The number of hydrogen-bond donors (Lipinski definition) is 0. The molecule has 0 saturated carbocycles. The summed E-state index contributed by atoms with van der Waals surface area (Å²) in [6.45, 7) is 22.5. The van der Waals surface area contributed by atoms with Gasteiger partial charge in [-0.1, -0.05) is 83.6 Å². The van der Waals surface area contributed by atoms with Crippen molar-refractivity contribution in [3.8, 4) is 0 Å². The highest BCUT2D eigenvalue weighted by atomic mass is 13.7. The van der Waals surface area contributed by atoms with Crippen LogP contribution < -0.4 is 0 Å². The van der Waals surface area contributed by atoms with Gasteiger partial charge in [0, 0.05) is 9.78 Å². The zero-order chi connectivity index (χ0) is 13.6. The summed E-state index contributed by atoms with van der Waals surface area (Å²) in [5, 5.41) is 0. The van der Waals surface area contributed by atoms with Gasteiger partial charge in [0.05, 0.1) is 0 Å². The Balaban J connectivity index is -0.0000000105. The van der Waals surface area contributed by atoms with Gasteiger partial charge in [0.2, 0.25) is 0 Å². The van der Waals surface area contributed by atoms with Crippen LogP contribution in [-0.4, -0.2) is 8.41 Å². The van der Waals surface area contributed by atoms with Crippen molar-refractivity contribution >= 4 is 8.41 Å². The minimum atomic E-state index is 0. The second kappa shape index (κ2) is 202. The zero-order valence-corrected chi connectivity index (χ0v) is 13.2. The molecule has 0 atom stereocenters. The van der Waals surface area contributed by atoms with Gasteiger partial charge >= 0.3 is 0 Å². The second-order valence-corrected chi connectivity index (χ2v) is 1.73. The molecule has 0 unspecified atom stereocenters. The summed E-state index contributed by atoms with van der Waals surface area (Å²) >= 11 is 0. The van der Waals surface area contributed by atoms with Crippen LogP contribution in [0.25, 0.3) is 0 Å². The predicted molar refractivity (Wildman–Crippen MR) is 78.4 cm³/mol. The largest absolute Gasteiger partial charge is 0.0776 e. The van der Waals surface area contributed by atoms with Crippen LogP contribution in [0, 0.1) is 5.92 Å². The van der Waals surface area contributed by atoms with Gasteiger partial charge in [-0.3, -0.25) is 0 Å². The average Bonchev–Trinajstić information content (AvgIpc) is 2.30. The summed E-state index contributed by atoms with van der Waals surface area (Å²) in [4.78, 5) is 0. The van der Waals surface area contributed by atoms with Gasteiger partial charge in [0.15, 0.2) is 0 Å². The van der Waals surface area contributed by atoms with Crippen molar-refractivity contribution in [3.05, 3.63) is 0 Å². The monoisotopic (exact) mass is 206 g/mol. The minimum absolute atomic E-state index is 0. The highest BCUT2D eigenvalue weighted by Crippen LogP contribution is 1.81. The lowest BCUT2D eigenvalue weighted by Crippen LogP contribution is -1.66. The van der Waals surface area contributed by atoms with Crippen molar-refractivity contribution in [3.63, 3.8) is 0 Å². The molecule has 0 aromatic rings. The van der Waals surface area contributed by atoms with Gasteiger partial charge < -0.3 is 0 Å². The molecular formula is C13H38B. The molecule has 0 nitrogen and oxygen atoms in total. The second-order valence-electron chi connectivity index (χ2n) is 1.73. The fourth-order valence-corrected chi connectivity index (χ4v) is 0. The summed E-state index contributed by atoms with van der Waals surface area (Å²) in [7, 11) is 1.25. The maximum absolute atomic E-state index is 5.75. The maximum atomic E-state index is 5.75. The lowest BCUT2D eigenvalue weighted by molar-refractivity contribution is 0.737. The molecule has 1 heteroatoms.